The molecular weight excluding hydrogens is 837 g/mol. The molecule has 0 atom stereocenters. The summed E-state index contributed by atoms with van der Waals surface area (Å²) in [6, 6.07) is 52.0. The standard InChI is InChI=1S/C29H18NO.C15H18GeN.Ir/c1-3-9-20(10-4-1)22-17-18-30-26(19-22)24-16-15-23(21-11-5-2-6-12-21)28-25-13-7-8-14-27(25)31-29(24)28;1-12-10-15(13-8-6-5-7-9-13)17-11-14(12)16(2,3)4;/h1-15,17-19H;5-8,10-11H,1-4H3;/q2*-1;. The summed E-state index contributed by atoms with van der Waals surface area (Å²) in [6.45, 7) is 2.19. The number of aromatic nitrogens is 2. The van der Waals surface area contributed by atoms with Crippen molar-refractivity contribution in [3.05, 3.63) is 164 Å². The molecule has 3 heterocycles. The maximum absolute atomic E-state index is 6.37. The van der Waals surface area contributed by atoms with E-state index in [4.69, 9.17) is 4.42 Å². The average Bonchev–Trinajstić information content (AvgIpc) is 3.52. The number of para-hydroxylation sites is 1. The zero-order valence-corrected chi connectivity index (χ0v) is 32.5. The number of pyridine rings is 2. The molecule has 8 rings (SSSR count). The first kappa shape index (κ1) is 34.3. The summed E-state index contributed by atoms with van der Waals surface area (Å²) in [5.41, 5.74) is 11.4. The SMILES string of the molecule is Cc1cc(-c2[c-]cccc2)nc[c]1[Ge]([CH3])([CH3])[CH3].[Ir].[c-]1cc(-c2ccccc2)c2c(oc3ccccc32)c1-c1cc(-c2ccccc2)ccn1. The second kappa shape index (κ2) is 14.9. The van der Waals surface area contributed by atoms with E-state index >= 15 is 0 Å². The van der Waals surface area contributed by atoms with Gasteiger partial charge in [0.05, 0.1) is 5.58 Å². The van der Waals surface area contributed by atoms with E-state index in [-0.39, 0.29) is 20.1 Å². The minimum atomic E-state index is -1.77. The summed E-state index contributed by atoms with van der Waals surface area (Å²) in [7, 11) is 0. The summed E-state index contributed by atoms with van der Waals surface area (Å²) in [5.74, 6) is 7.20. The zero-order valence-electron chi connectivity index (χ0n) is 28.0. The molecule has 8 aromatic rings. The molecule has 3 nitrogen and oxygen atoms in total. The van der Waals surface area contributed by atoms with Crippen LogP contribution in [0, 0.1) is 19.1 Å². The molecule has 0 saturated heterocycles. The van der Waals surface area contributed by atoms with Crippen LogP contribution < -0.4 is 4.40 Å². The Morgan fingerprint density at radius 1 is 0.653 bits per heavy atom. The molecule has 0 saturated carbocycles. The van der Waals surface area contributed by atoms with Crippen LogP contribution in [0.3, 0.4) is 0 Å². The molecule has 0 aliphatic rings. The Morgan fingerprint density at radius 3 is 2.04 bits per heavy atom. The summed E-state index contributed by atoms with van der Waals surface area (Å²) < 4.78 is 7.86. The first-order valence-corrected chi connectivity index (χ1v) is 23.6. The van der Waals surface area contributed by atoms with Crippen molar-refractivity contribution in [2.24, 2.45) is 0 Å². The molecule has 243 valence electrons. The Labute approximate surface area is 304 Å². The van der Waals surface area contributed by atoms with Gasteiger partial charge in [0.25, 0.3) is 0 Å². The Kier molecular flexibility index (Phi) is 10.4. The maximum atomic E-state index is 6.37. The van der Waals surface area contributed by atoms with Crippen LogP contribution in [-0.2, 0) is 20.1 Å². The van der Waals surface area contributed by atoms with Crippen molar-refractivity contribution in [3.8, 4) is 44.8 Å². The number of aryl methyl sites for hydroxylation is 1. The van der Waals surface area contributed by atoms with Gasteiger partial charge >= 0.3 is 106 Å². The first-order valence-electron chi connectivity index (χ1n) is 16.2. The van der Waals surface area contributed by atoms with Gasteiger partial charge in [0.2, 0.25) is 0 Å². The molecule has 0 fully saturated rings. The second-order valence-electron chi connectivity index (χ2n) is 13.0. The van der Waals surface area contributed by atoms with Crippen molar-refractivity contribution in [2.75, 3.05) is 0 Å². The van der Waals surface area contributed by atoms with Crippen molar-refractivity contribution in [3.63, 3.8) is 0 Å². The van der Waals surface area contributed by atoms with Crippen LogP contribution in [0.5, 0.6) is 0 Å². The minimum absolute atomic E-state index is 0. The predicted octanol–water partition coefficient (Wildman–Crippen LogP) is 11.2. The molecular formula is C44H36GeIrN2O-2. The van der Waals surface area contributed by atoms with Gasteiger partial charge in [-0.25, -0.2) is 0 Å². The summed E-state index contributed by atoms with van der Waals surface area (Å²) in [5, 5.41) is 2.20. The number of furan rings is 1. The van der Waals surface area contributed by atoms with Gasteiger partial charge in [0.1, 0.15) is 5.58 Å². The third kappa shape index (κ3) is 7.38. The van der Waals surface area contributed by atoms with E-state index in [1.807, 2.05) is 66.9 Å². The van der Waals surface area contributed by atoms with Gasteiger partial charge in [-0.1, -0.05) is 102 Å². The number of hydrogen-bond acceptors (Lipinski definition) is 3. The molecule has 5 heteroatoms. The van der Waals surface area contributed by atoms with Crippen LogP contribution in [0.15, 0.2) is 150 Å². The Balaban J connectivity index is 0.000000198. The molecule has 5 aromatic carbocycles. The van der Waals surface area contributed by atoms with E-state index in [1.165, 1.54) is 9.96 Å². The Hall–Kier alpha value is -4.61. The predicted molar refractivity (Wildman–Crippen MR) is 203 cm³/mol. The topological polar surface area (TPSA) is 38.9 Å². The van der Waals surface area contributed by atoms with Crippen molar-refractivity contribution in [1.82, 2.24) is 9.97 Å². The van der Waals surface area contributed by atoms with Crippen LogP contribution in [0.4, 0.5) is 0 Å². The molecule has 0 spiro atoms. The maximum Gasteiger partial charge on any atom is 0.120 e. The fourth-order valence-corrected chi connectivity index (χ4v) is 9.81. The van der Waals surface area contributed by atoms with E-state index in [2.05, 4.69) is 125 Å². The van der Waals surface area contributed by atoms with Gasteiger partial charge in [0, 0.05) is 31.7 Å². The van der Waals surface area contributed by atoms with Crippen LogP contribution >= 0.6 is 0 Å². The zero-order chi connectivity index (χ0) is 33.1. The van der Waals surface area contributed by atoms with Crippen molar-refractivity contribution in [1.29, 1.82) is 0 Å². The van der Waals surface area contributed by atoms with Crippen molar-refractivity contribution in [2.45, 2.75) is 24.2 Å². The van der Waals surface area contributed by atoms with Crippen LogP contribution in [0.1, 0.15) is 5.56 Å². The molecule has 0 bridgehead atoms. The number of hydrogen-bond donors (Lipinski definition) is 0. The van der Waals surface area contributed by atoms with Crippen molar-refractivity contribution >= 4 is 39.6 Å². The number of benzene rings is 5. The van der Waals surface area contributed by atoms with Gasteiger partial charge in [-0.15, -0.1) is 12.1 Å². The molecule has 49 heavy (non-hydrogen) atoms. The summed E-state index contributed by atoms with van der Waals surface area (Å²) in [4.78, 5) is 9.26. The average molecular weight is 874 g/mol. The van der Waals surface area contributed by atoms with Crippen LogP contribution in [0.25, 0.3) is 66.7 Å². The van der Waals surface area contributed by atoms with Gasteiger partial charge in [-0.3, -0.25) is 0 Å². The molecule has 0 aliphatic carbocycles. The van der Waals surface area contributed by atoms with Gasteiger partial charge in [-0.2, -0.15) is 0 Å². The smallest absolute Gasteiger partial charge is 0.120 e. The van der Waals surface area contributed by atoms with Crippen LogP contribution in [-0.4, -0.2) is 23.2 Å². The number of fused-ring (bicyclic) bond motifs is 3. The quantitative estimate of drug-likeness (QED) is 0.128. The minimum Gasteiger partial charge on any atom is -0.501 e. The fraction of sp³-hybridized carbons (Fsp3) is 0.0909. The molecule has 0 unspecified atom stereocenters. The Bertz CT molecular complexity index is 2330. The molecule has 3 aromatic heterocycles. The monoisotopic (exact) mass is 875 g/mol. The van der Waals surface area contributed by atoms with Gasteiger partial charge in [-0.05, 0) is 34.3 Å². The van der Waals surface area contributed by atoms with Crippen molar-refractivity contribution < 1.29 is 24.5 Å². The molecule has 0 amide bonds. The van der Waals surface area contributed by atoms with Gasteiger partial charge in [0.15, 0.2) is 0 Å². The largest absolute Gasteiger partial charge is 0.501 e. The van der Waals surface area contributed by atoms with E-state index in [1.54, 1.807) is 0 Å². The molecule has 1 radical (unpaired) electrons. The third-order valence-corrected chi connectivity index (χ3v) is 13.1. The van der Waals surface area contributed by atoms with E-state index in [0.717, 1.165) is 66.7 Å². The van der Waals surface area contributed by atoms with E-state index in [9.17, 15) is 0 Å². The Morgan fingerprint density at radius 2 is 1.35 bits per heavy atom. The molecule has 0 aliphatic heterocycles. The van der Waals surface area contributed by atoms with E-state index < -0.39 is 13.3 Å². The third-order valence-electron chi connectivity index (χ3n) is 8.56. The summed E-state index contributed by atoms with van der Waals surface area (Å²) >= 11 is -1.77. The summed E-state index contributed by atoms with van der Waals surface area (Å²) in [6.07, 6.45) is 3.93. The van der Waals surface area contributed by atoms with E-state index in [0.29, 0.717) is 0 Å². The second-order valence-corrected chi connectivity index (χ2v) is 23.5. The normalized spacial score (nSPS) is 11.1. The number of nitrogens with zero attached hydrogens (tertiary/aromatic N) is 2. The van der Waals surface area contributed by atoms with Crippen LogP contribution in [0.2, 0.25) is 17.3 Å². The molecule has 0 N–H and O–H groups in total. The number of rotatable bonds is 5. The van der Waals surface area contributed by atoms with Gasteiger partial charge < -0.3 is 9.40 Å². The first-order chi connectivity index (χ1) is 23.4. The fourth-order valence-electron chi connectivity index (χ4n) is 6.23.